The molecule has 15 heavy (non-hydrogen) atoms. The van der Waals surface area contributed by atoms with Gasteiger partial charge in [0.2, 0.25) is 5.13 Å². The number of carbonyl (C=O) groups is 1. The van der Waals surface area contributed by atoms with Crippen LogP contribution in [0, 0.1) is 0 Å². The van der Waals surface area contributed by atoms with Crippen LogP contribution in [0.2, 0.25) is 0 Å². The van der Waals surface area contributed by atoms with E-state index < -0.39 is 5.97 Å². The fourth-order valence-corrected chi connectivity index (χ4v) is 3.29. The van der Waals surface area contributed by atoms with E-state index >= 15 is 0 Å². The summed E-state index contributed by atoms with van der Waals surface area (Å²) in [6.07, 6.45) is 0.173. The summed E-state index contributed by atoms with van der Waals surface area (Å²) in [5.41, 5.74) is 1.68. The van der Waals surface area contributed by atoms with Crippen molar-refractivity contribution in [2.45, 2.75) is 12.5 Å². The van der Waals surface area contributed by atoms with Crippen molar-refractivity contribution in [3.05, 3.63) is 5.51 Å². The lowest BCUT2D eigenvalue weighted by atomic mass is 10.2. The van der Waals surface area contributed by atoms with Gasteiger partial charge in [0.1, 0.15) is 5.51 Å². The smallest absolute Gasteiger partial charge is 0.305 e. The zero-order valence-electron chi connectivity index (χ0n) is 8.00. The van der Waals surface area contributed by atoms with Crippen molar-refractivity contribution in [1.82, 2.24) is 10.2 Å². The first kappa shape index (κ1) is 10.7. The van der Waals surface area contributed by atoms with Gasteiger partial charge in [0, 0.05) is 18.1 Å². The summed E-state index contributed by atoms with van der Waals surface area (Å²) in [7, 11) is 0. The van der Waals surface area contributed by atoms with Crippen LogP contribution in [0.3, 0.4) is 0 Å². The minimum absolute atomic E-state index is 0.0502. The molecule has 2 rings (SSSR count). The van der Waals surface area contributed by atoms with E-state index in [1.165, 1.54) is 11.3 Å². The Morgan fingerprint density at radius 2 is 2.60 bits per heavy atom. The molecule has 0 saturated carbocycles. The highest BCUT2D eigenvalue weighted by molar-refractivity contribution is 7.99. The van der Waals surface area contributed by atoms with Gasteiger partial charge in [0.15, 0.2) is 0 Å². The second-order valence-electron chi connectivity index (χ2n) is 3.24. The van der Waals surface area contributed by atoms with Crippen molar-refractivity contribution in [1.29, 1.82) is 0 Å². The molecule has 0 aliphatic carbocycles. The van der Waals surface area contributed by atoms with Gasteiger partial charge >= 0.3 is 5.97 Å². The van der Waals surface area contributed by atoms with Gasteiger partial charge in [0.25, 0.3) is 0 Å². The second-order valence-corrected chi connectivity index (χ2v) is 5.20. The maximum Gasteiger partial charge on any atom is 0.305 e. The maximum atomic E-state index is 10.7. The standard InChI is InChI=1S/C8H11N3O2S2/c12-7(13)3-6-4-14-2-1-11(6)8-10-9-5-15-8/h5-6H,1-4H2,(H,12,13). The first-order valence-corrected chi connectivity index (χ1v) is 6.63. The summed E-state index contributed by atoms with van der Waals surface area (Å²) in [5.74, 6) is 1.12. The van der Waals surface area contributed by atoms with Gasteiger partial charge in [-0.1, -0.05) is 11.3 Å². The highest BCUT2D eigenvalue weighted by Gasteiger charge is 2.26. The van der Waals surface area contributed by atoms with Crippen LogP contribution >= 0.6 is 23.1 Å². The van der Waals surface area contributed by atoms with Crippen molar-refractivity contribution in [3.63, 3.8) is 0 Å². The van der Waals surface area contributed by atoms with E-state index in [-0.39, 0.29) is 12.5 Å². The molecule has 7 heteroatoms. The molecule has 1 aromatic heterocycles. The molecule has 0 aromatic carbocycles. The summed E-state index contributed by atoms with van der Waals surface area (Å²) in [6, 6.07) is 0.0502. The number of hydrogen-bond acceptors (Lipinski definition) is 6. The number of carboxylic acids is 1. The van der Waals surface area contributed by atoms with Crippen molar-refractivity contribution in [2.75, 3.05) is 23.0 Å². The molecule has 0 bridgehead atoms. The number of aromatic nitrogens is 2. The predicted octanol–water partition coefficient (Wildman–Crippen LogP) is 0.935. The van der Waals surface area contributed by atoms with Gasteiger partial charge in [0.05, 0.1) is 12.5 Å². The van der Waals surface area contributed by atoms with Crippen LogP contribution < -0.4 is 4.90 Å². The van der Waals surface area contributed by atoms with Crippen LogP contribution in [0.5, 0.6) is 0 Å². The average molecular weight is 245 g/mol. The fourth-order valence-electron chi connectivity index (χ4n) is 1.57. The van der Waals surface area contributed by atoms with Gasteiger partial charge < -0.3 is 10.0 Å². The molecule has 0 spiro atoms. The molecule has 1 aromatic rings. The van der Waals surface area contributed by atoms with Gasteiger partial charge in [-0.25, -0.2) is 0 Å². The average Bonchev–Trinajstić information content (AvgIpc) is 2.70. The van der Waals surface area contributed by atoms with E-state index in [9.17, 15) is 4.79 Å². The SMILES string of the molecule is O=C(O)CC1CSCCN1c1nncs1. The Hall–Kier alpha value is -0.820. The lowest BCUT2D eigenvalue weighted by Crippen LogP contribution is -2.43. The van der Waals surface area contributed by atoms with Gasteiger partial charge in [-0.3, -0.25) is 4.79 Å². The van der Waals surface area contributed by atoms with Gasteiger partial charge in [-0.2, -0.15) is 11.8 Å². The molecule has 1 aliphatic rings. The number of rotatable bonds is 3. The topological polar surface area (TPSA) is 66.3 Å². The van der Waals surface area contributed by atoms with Crippen LogP contribution in [0.4, 0.5) is 5.13 Å². The van der Waals surface area contributed by atoms with Crippen LogP contribution in [0.25, 0.3) is 0 Å². The van der Waals surface area contributed by atoms with Gasteiger partial charge in [-0.15, -0.1) is 10.2 Å². The molecule has 0 radical (unpaired) electrons. The summed E-state index contributed by atoms with van der Waals surface area (Å²) < 4.78 is 0. The lowest BCUT2D eigenvalue weighted by molar-refractivity contribution is -0.137. The van der Waals surface area contributed by atoms with Crippen LogP contribution in [0.15, 0.2) is 5.51 Å². The van der Waals surface area contributed by atoms with E-state index in [4.69, 9.17) is 5.11 Å². The molecule has 5 nitrogen and oxygen atoms in total. The third kappa shape index (κ3) is 2.60. The monoisotopic (exact) mass is 245 g/mol. The third-order valence-corrected chi connectivity index (χ3v) is 4.05. The molecule has 1 atom stereocenters. The van der Waals surface area contributed by atoms with E-state index in [0.717, 1.165) is 23.2 Å². The Morgan fingerprint density at radius 1 is 1.73 bits per heavy atom. The largest absolute Gasteiger partial charge is 0.481 e. The molecular formula is C8H11N3O2S2. The van der Waals surface area contributed by atoms with Crippen molar-refractivity contribution in [3.8, 4) is 0 Å². The highest BCUT2D eigenvalue weighted by Crippen LogP contribution is 2.26. The Morgan fingerprint density at radius 3 is 3.27 bits per heavy atom. The molecular weight excluding hydrogens is 234 g/mol. The second kappa shape index (κ2) is 4.80. The molecule has 0 amide bonds. The van der Waals surface area contributed by atoms with E-state index in [1.807, 2.05) is 0 Å². The summed E-state index contributed by atoms with van der Waals surface area (Å²) >= 11 is 3.26. The molecule has 1 N–H and O–H groups in total. The Balaban J connectivity index is 2.09. The van der Waals surface area contributed by atoms with E-state index in [2.05, 4.69) is 15.1 Å². The number of aliphatic carboxylic acids is 1. The van der Waals surface area contributed by atoms with E-state index in [0.29, 0.717) is 0 Å². The number of hydrogen-bond donors (Lipinski definition) is 1. The number of thioether (sulfide) groups is 1. The lowest BCUT2D eigenvalue weighted by Gasteiger charge is -2.33. The van der Waals surface area contributed by atoms with E-state index in [1.54, 1.807) is 17.3 Å². The minimum atomic E-state index is -0.753. The zero-order valence-corrected chi connectivity index (χ0v) is 9.63. The molecule has 82 valence electrons. The molecule has 1 fully saturated rings. The van der Waals surface area contributed by atoms with Crippen molar-refractivity contribution in [2.24, 2.45) is 0 Å². The Bertz CT molecular complexity index is 331. The molecule has 1 saturated heterocycles. The maximum absolute atomic E-state index is 10.7. The Labute approximate surface area is 95.5 Å². The zero-order chi connectivity index (χ0) is 10.7. The fraction of sp³-hybridized carbons (Fsp3) is 0.625. The van der Waals surface area contributed by atoms with Gasteiger partial charge in [-0.05, 0) is 0 Å². The van der Waals surface area contributed by atoms with Crippen LogP contribution in [-0.2, 0) is 4.79 Å². The third-order valence-electron chi connectivity index (χ3n) is 2.23. The number of nitrogens with zero attached hydrogens (tertiary/aromatic N) is 3. The normalized spacial score (nSPS) is 21.6. The summed E-state index contributed by atoms with van der Waals surface area (Å²) in [6.45, 7) is 0.859. The molecule has 1 unspecified atom stereocenters. The van der Waals surface area contributed by atoms with Crippen molar-refractivity contribution >= 4 is 34.2 Å². The summed E-state index contributed by atoms with van der Waals surface area (Å²) in [4.78, 5) is 12.8. The number of anilines is 1. The minimum Gasteiger partial charge on any atom is -0.481 e. The van der Waals surface area contributed by atoms with Crippen LogP contribution in [0.1, 0.15) is 6.42 Å². The molecule has 2 heterocycles. The highest BCUT2D eigenvalue weighted by atomic mass is 32.2. The van der Waals surface area contributed by atoms with Crippen LogP contribution in [-0.4, -0.2) is 45.4 Å². The first-order valence-electron chi connectivity index (χ1n) is 4.59. The summed E-state index contributed by atoms with van der Waals surface area (Å²) in [5, 5.41) is 17.4. The quantitative estimate of drug-likeness (QED) is 0.854. The Kier molecular flexibility index (Phi) is 3.42. The van der Waals surface area contributed by atoms with Crippen molar-refractivity contribution < 1.29 is 9.90 Å². The molecule has 1 aliphatic heterocycles. The first-order chi connectivity index (χ1) is 7.27. The predicted molar refractivity (Wildman–Crippen MR) is 60.6 cm³/mol. The number of carboxylic acid groups (broad SMARTS) is 1.